The molecule has 0 bridgehead atoms. The summed E-state index contributed by atoms with van der Waals surface area (Å²) in [5.41, 5.74) is 2.60. The lowest BCUT2D eigenvalue weighted by atomic mass is 10.0. The van der Waals surface area contributed by atoms with E-state index in [1.807, 2.05) is 19.9 Å². The average Bonchev–Trinajstić information content (AvgIpc) is 3.19. The number of esters is 3. The number of methoxy groups -OCH3 is 3. The minimum absolute atomic E-state index is 0.109. The number of carbonyl (C=O) groups is 6. The number of nitrogens with one attached hydrogen (secondary N) is 3. The molecular weight excluding hydrogens is 714 g/mol. The molecular formula is C44H51N3O9. The fraction of sp³-hybridized carbons (Fsp3) is 0.227. The maximum atomic E-state index is 12.3. The van der Waals surface area contributed by atoms with E-state index in [1.54, 1.807) is 91.0 Å². The van der Waals surface area contributed by atoms with Crippen molar-refractivity contribution in [3.8, 4) is 0 Å². The van der Waals surface area contributed by atoms with Crippen molar-refractivity contribution in [2.75, 3.05) is 21.3 Å². The van der Waals surface area contributed by atoms with Crippen molar-refractivity contribution >= 4 is 35.6 Å². The highest BCUT2D eigenvalue weighted by molar-refractivity contribution is 6.02. The van der Waals surface area contributed by atoms with Crippen molar-refractivity contribution in [3.05, 3.63) is 167 Å². The average molecular weight is 766 g/mol. The largest absolute Gasteiger partial charge is 0.464 e. The highest BCUT2D eigenvalue weighted by Gasteiger charge is 2.16. The third kappa shape index (κ3) is 19.9. The van der Waals surface area contributed by atoms with Crippen molar-refractivity contribution in [2.45, 2.75) is 41.5 Å². The van der Waals surface area contributed by atoms with Crippen LogP contribution in [-0.4, -0.2) is 57.0 Å². The van der Waals surface area contributed by atoms with Gasteiger partial charge in [0.15, 0.2) is 0 Å². The van der Waals surface area contributed by atoms with Crippen LogP contribution >= 0.6 is 0 Å². The lowest BCUT2D eigenvalue weighted by molar-refractivity contribution is -0.137. The van der Waals surface area contributed by atoms with Gasteiger partial charge in [0.1, 0.15) is 17.1 Å². The minimum atomic E-state index is -0.756. The lowest BCUT2D eigenvalue weighted by Crippen LogP contribution is -2.28. The predicted molar refractivity (Wildman–Crippen MR) is 216 cm³/mol. The Morgan fingerprint density at radius 3 is 0.929 bits per heavy atom. The summed E-state index contributed by atoms with van der Waals surface area (Å²) in [7, 11) is 3.64. The molecule has 3 N–H and O–H groups in total. The molecule has 0 atom stereocenters. The first-order valence-electron chi connectivity index (χ1n) is 17.3. The van der Waals surface area contributed by atoms with Gasteiger partial charge in [-0.05, 0) is 73.9 Å². The van der Waals surface area contributed by atoms with E-state index in [0.717, 1.165) is 5.57 Å². The molecule has 0 saturated heterocycles. The maximum absolute atomic E-state index is 12.3. The zero-order valence-corrected chi connectivity index (χ0v) is 33.3. The van der Waals surface area contributed by atoms with E-state index in [4.69, 9.17) is 0 Å². The monoisotopic (exact) mass is 765 g/mol. The summed E-state index contributed by atoms with van der Waals surface area (Å²) in [6, 6.07) is 25.4. The van der Waals surface area contributed by atoms with Gasteiger partial charge in [0.25, 0.3) is 17.7 Å². The van der Waals surface area contributed by atoms with Crippen molar-refractivity contribution in [1.29, 1.82) is 0 Å². The van der Waals surface area contributed by atoms with E-state index < -0.39 is 29.7 Å². The van der Waals surface area contributed by atoms with Crippen molar-refractivity contribution in [1.82, 2.24) is 16.0 Å². The van der Waals surface area contributed by atoms with Crippen LogP contribution in [0, 0.1) is 5.41 Å². The Balaban J connectivity index is 0.000000551. The van der Waals surface area contributed by atoms with Crippen LogP contribution < -0.4 is 16.0 Å². The van der Waals surface area contributed by atoms with Crippen molar-refractivity contribution in [3.63, 3.8) is 0 Å². The molecule has 3 amide bonds. The van der Waals surface area contributed by atoms with Gasteiger partial charge in [0, 0.05) is 16.7 Å². The van der Waals surface area contributed by atoms with Gasteiger partial charge >= 0.3 is 17.9 Å². The smallest absolute Gasteiger partial charge is 0.354 e. The normalized spacial score (nSPS) is 11.3. The topological polar surface area (TPSA) is 166 Å². The summed E-state index contributed by atoms with van der Waals surface area (Å²) in [5.74, 6) is -3.42. The molecule has 12 nitrogen and oxygen atoms in total. The SMILES string of the molecule is CC(C)(C)C.COC(=O)/C(=C/C=C(C)C)NC(=O)c1ccccc1.COC(=O)C(=CC=C/C=C(\NC(=O)c1ccccc1)C(=O)OC)NC(=O)c1ccccc1. The number of hydrogen-bond donors (Lipinski definition) is 3. The maximum Gasteiger partial charge on any atom is 0.354 e. The third-order valence-electron chi connectivity index (χ3n) is 6.29. The van der Waals surface area contributed by atoms with Crippen LogP contribution in [0.25, 0.3) is 0 Å². The van der Waals surface area contributed by atoms with E-state index in [-0.39, 0.29) is 23.0 Å². The van der Waals surface area contributed by atoms with Gasteiger partial charge in [-0.2, -0.15) is 0 Å². The summed E-state index contributed by atoms with van der Waals surface area (Å²) in [4.78, 5) is 72.0. The van der Waals surface area contributed by atoms with E-state index in [0.29, 0.717) is 22.1 Å². The Bertz CT molecular complexity index is 1830. The molecule has 0 radical (unpaired) electrons. The van der Waals surface area contributed by atoms with Crippen LogP contribution in [0.4, 0.5) is 0 Å². The predicted octanol–water partition coefficient (Wildman–Crippen LogP) is 7.01. The third-order valence-corrected chi connectivity index (χ3v) is 6.29. The van der Waals surface area contributed by atoms with Gasteiger partial charge in [0.2, 0.25) is 0 Å². The Morgan fingerprint density at radius 1 is 0.446 bits per heavy atom. The molecule has 0 heterocycles. The number of rotatable bonds is 12. The Labute approximate surface area is 329 Å². The van der Waals surface area contributed by atoms with Gasteiger partial charge in [0.05, 0.1) is 21.3 Å². The molecule has 3 rings (SSSR count). The minimum Gasteiger partial charge on any atom is -0.464 e. The second-order valence-electron chi connectivity index (χ2n) is 13.3. The summed E-state index contributed by atoms with van der Waals surface area (Å²) in [6.45, 7) is 12.5. The van der Waals surface area contributed by atoms with Crippen LogP contribution in [0.15, 0.2) is 150 Å². The van der Waals surface area contributed by atoms with Crippen molar-refractivity contribution in [2.24, 2.45) is 5.41 Å². The first-order valence-corrected chi connectivity index (χ1v) is 17.3. The number of benzene rings is 3. The fourth-order valence-corrected chi connectivity index (χ4v) is 3.72. The Morgan fingerprint density at radius 2 is 0.696 bits per heavy atom. The molecule has 0 spiro atoms. The Kier molecular flexibility index (Phi) is 21.3. The van der Waals surface area contributed by atoms with Crippen LogP contribution in [0.1, 0.15) is 72.6 Å². The van der Waals surface area contributed by atoms with E-state index in [2.05, 4.69) is 57.9 Å². The van der Waals surface area contributed by atoms with Crippen molar-refractivity contribution < 1.29 is 43.0 Å². The van der Waals surface area contributed by atoms with Crippen LogP contribution in [-0.2, 0) is 28.6 Å². The number of amides is 3. The highest BCUT2D eigenvalue weighted by Crippen LogP contribution is 2.08. The summed E-state index contributed by atoms with van der Waals surface area (Å²) in [6.07, 6.45) is 8.66. The summed E-state index contributed by atoms with van der Waals surface area (Å²) in [5, 5.41) is 7.49. The van der Waals surface area contributed by atoms with Gasteiger partial charge in [-0.1, -0.05) is 106 Å². The molecule has 296 valence electrons. The molecule has 0 aliphatic carbocycles. The van der Waals surface area contributed by atoms with E-state index in [9.17, 15) is 28.8 Å². The molecule has 3 aromatic rings. The van der Waals surface area contributed by atoms with Gasteiger partial charge in [-0.3, -0.25) is 14.4 Å². The van der Waals surface area contributed by atoms with Gasteiger partial charge in [-0.15, -0.1) is 0 Å². The van der Waals surface area contributed by atoms with Crippen LogP contribution in [0.3, 0.4) is 0 Å². The Hall–Kier alpha value is -6.82. The van der Waals surface area contributed by atoms with Gasteiger partial charge in [-0.25, -0.2) is 14.4 Å². The second-order valence-corrected chi connectivity index (χ2v) is 13.3. The summed E-state index contributed by atoms with van der Waals surface area (Å²) < 4.78 is 14.0. The molecule has 0 fully saturated rings. The molecule has 0 aliphatic heterocycles. The summed E-state index contributed by atoms with van der Waals surface area (Å²) >= 11 is 0. The first-order chi connectivity index (χ1) is 26.5. The molecule has 0 aliphatic rings. The number of ether oxygens (including phenoxy) is 3. The molecule has 3 aromatic carbocycles. The van der Waals surface area contributed by atoms with Gasteiger partial charge < -0.3 is 30.2 Å². The zero-order valence-electron chi connectivity index (χ0n) is 33.3. The zero-order chi connectivity index (χ0) is 42.1. The standard InChI is InChI=1S/C24H22N2O6.C15H17NO3.C5H12/c1-31-23(29)19(25-21(27)17-11-5-3-6-12-17)15-9-10-16-20(24(30)32-2)26-22(28)18-13-7-4-8-14-18;1-11(2)9-10-13(15(18)19-3)16-14(17)12-7-5-4-6-8-12;1-5(2,3)4/h3-16H,1-2H3,(H,25,27)(H,26,28);4-10H,1-3H3,(H,16,17);1-4H3/b10-9?,19-15-,20-16?;13-10-;. The molecule has 12 heteroatoms. The number of carbonyl (C=O) groups excluding carboxylic acids is 6. The molecule has 0 unspecified atom stereocenters. The van der Waals surface area contributed by atoms with E-state index in [1.165, 1.54) is 51.7 Å². The number of hydrogen-bond acceptors (Lipinski definition) is 9. The highest BCUT2D eigenvalue weighted by atomic mass is 16.5. The molecule has 0 aromatic heterocycles. The second kappa shape index (κ2) is 25.2. The van der Waals surface area contributed by atoms with Crippen LogP contribution in [0.2, 0.25) is 0 Å². The quantitative estimate of drug-likeness (QED) is 0.0761. The van der Waals surface area contributed by atoms with Crippen LogP contribution in [0.5, 0.6) is 0 Å². The number of allylic oxidation sites excluding steroid dienone is 7. The molecule has 0 saturated carbocycles. The fourth-order valence-electron chi connectivity index (χ4n) is 3.72. The first kappa shape index (κ1) is 47.2. The lowest BCUT2D eigenvalue weighted by Gasteiger charge is -2.08. The van der Waals surface area contributed by atoms with E-state index >= 15 is 0 Å². The molecule has 56 heavy (non-hydrogen) atoms.